The number of rotatable bonds is 1. The van der Waals surface area contributed by atoms with E-state index in [2.05, 4.69) is 0 Å². The molecule has 0 aliphatic heterocycles. The van der Waals surface area contributed by atoms with Gasteiger partial charge in [0.15, 0.2) is 0 Å². The number of hydrogen-bond donors (Lipinski definition) is 2. The molecule has 2 nitrogen and oxygen atoms in total. The van der Waals surface area contributed by atoms with Gasteiger partial charge in [0.25, 0.3) is 0 Å². The van der Waals surface area contributed by atoms with Crippen LogP contribution < -0.4 is 11.5 Å². The summed E-state index contributed by atoms with van der Waals surface area (Å²) in [7, 11) is 0. The molecule has 0 heterocycles. The molecule has 0 atom stereocenters. The van der Waals surface area contributed by atoms with Crippen molar-refractivity contribution in [3.8, 4) is 0 Å². The zero-order chi connectivity index (χ0) is 3.41. The normalized spacial score (nSPS) is 6.00. The molecular formula is C2H10CaN2. The van der Waals surface area contributed by atoms with E-state index in [1.807, 2.05) is 0 Å². The Balaban J connectivity index is 0. The van der Waals surface area contributed by atoms with E-state index in [-0.39, 0.29) is 37.7 Å². The summed E-state index contributed by atoms with van der Waals surface area (Å²) in [4.78, 5) is 0. The van der Waals surface area contributed by atoms with Crippen LogP contribution in [0.15, 0.2) is 0 Å². The Morgan fingerprint density at radius 2 is 1.20 bits per heavy atom. The van der Waals surface area contributed by atoms with Gasteiger partial charge in [0, 0.05) is 13.1 Å². The third-order valence-electron chi connectivity index (χ3n) is 0.167. The van der Waals surface area contributed by atoms with Crippen molar-refractivity contribution in [3.63, 3.8) is 0 Å². The maximum absolute atomic E-state index is 4.90. The minimum atomic E-state index is 0. The van der Waals surface area contributed by atoms with Crippen molar-refractivity contribution in [2.24, 2.45) is 11.5 Å². The molecule has 0 aliphatic carbocycles. The zero-order valence-electron chi connectivity index (χ0n) is 2.57. The van der Waals surface area contributed by atoms with Crippen molar-refractivity contribution in [2.75, 3.05) is 13.1 Å². The quantitative estimate of drug-likeness (QED) is 0.376. The molecule has 0 spiro atoms. The molecule has 4 N–H and O–H groups in total. The zero-order valence-corrected chi connectivity index (χ0v) is 2.57. The summed E-state index contributed by atoms with van der Waals surface area (Å²) in [5.74, 6) is 0. The van der Waals surface area contributed by atoms with Gasteiger partial charge in [0.1, 0.15) is 0 Å². The van der Waals surface area contributed by atoms with Gasteiger partial charge < -0.3 is 11.5 Å². The fourth-order valence-electron chi connectivity index (χ4n) is 0. The molecule has 0 fully saturated rings. The monoisotopic (exact) mass is 102 g/mol. The van der Waals surface area contributed by atoms with Gasteiger partial charge in [-0.05, 0) is 0 Å². The molecule has 0 radical (unpaired) electrons. The number of nitrogens with two attached hydrogens (primary N) is 2. The van der Waals surface area contributed by atoms with Crippen molar-refractivity contribution in [3.05, 3.63) is 0 Å². The minimum absolute atomic E-state index is 0. The van der Waals surface area contributed by atoms with Crippen molar-refractivity contribution >= 4 is 37.7 Å². The van der Waals surface area contributed by atoms with Gasteiger partial charge in [0.05, 0.1) is 0 Å². The van der Waals surface area contributed by atoms with Crippen molar-refractivity contribution < 1.29 is 0 Å². The van der Waals surface area contributed by atoms with Gasteiger partial charge >= 0.3 is 37.7 Å². The fraction of sp³-hybridized carbons (Fsp3) is 1.00. The van der Waals surface area contributed by atoms with Crippen LogP contribution in [0.4, 0.5) is 0 Å². The van der Waals surface area contributed by atoms with E-state index in [0.717, 1.165) is 0 Å². The Hall–Kier alpha value is 1.18. The van der Waals surface area contributed by atoms with Gasteiger partial charge in [0.2, 0.25) is 0 Å². The average Bonchev–Trinajstić information content (AvgIpc) is 1.37. The van der Waals surface area contributed by atoms with Crippen LogP contribution in [0.2, 0.25) is 0 Å². The third-order valence-corrected chi connectivity index (χ3v) is 0.167. The molecule has 5 heavy (non-hydrogen) atoms. The first kappa shape index (κ1) is 9.49. The summed E-state index contributed by atoms with van der Waals surface area (Å²) in [5.41, 5.74) is 9.81. The Morgan fingerprint density at radius 3 is 1.20 bits per heavy atom. The first-order chi connectivity index (χ1) is 1.91. The van der Waals surface area contributed by atoms with Gasteiger partial charge in [-0.25, -0.2) is 0 Å². The molecule has 30 valence electrons. The summed E-state index contributed by atoms with van der Waals surface area (Å²) >= 11 is 0. The second-order valence-corrected chi connectivity index (χ2v) is 0.577. The van der Waals surface area contributed by atoms with E-state index in [1.54, 1.807) is 0 Å². The summed E-state index contributed by atoms with van der Waals surface area (Å²) in [5, 5.41) is 0. The molecule has 0 bridgehead atoms. The van der Waals surface area contributed by atoms with Crippen LogP contribution in [-0.2, 0) is 0 Å². The molecule has 0 unspecified atom stereocenters. The second kappa shape index (κ2) is 8.95. The van der Waals surface area contributed by atoms with Crippen LogP contribution in [0.3, 0.4) is 0 Å². The van der Waals surface area contributed by atoms with Gasteiger partial charge in [-0.2, -0.15) is 0 Å². The SMILES string of the molecule is NCCN.[CaH2]. The van der Waals surface area contributed by atoms with Gasteiger partial charge in [-0.1, -0.05) is 0 Å². The van der Waals surface area contributed by atoms with Gasteiger partial charge in [-0.3, -0.25) is 0 Å². The second-order valence-electron chi connectivity index (χ2n) is 0.577. The fourth-order valence-corrected chi connectivity index (χ4v) is 0. The van der Waals surface area contributed by atoms with E-state index in [9.17, 15) is 0 Å². The van der Waals surface area contributed by atoms with Crippen LogP contribution in [-0.4, -0.2) is 50.8 Å². The maximum atomic E-state index is 4.90. The van der Waals surface area contributed by atoms with Crippen LogP contribution in [0.25, 0.3) is 0 Å². The molecule has 0 saturated heterocycles. The predicted molar refractivity (Wildman–Crippen MR) is 26.7 cm³/mol. The Labute approximate surface area is 61.9 Å². The number of hydrogen-bond acceptors (Lipinski definition) is 2. The third kappa shape index (κ3) is 11.0. The van der Waals surface area contributed by atoms with Crippen LogP contribution in [0.5, 0.6) is 0 Å². The molecule has 0 rings (SSSR count). The molecule has 3 heteroatoms. The summed E-state index contributed by atoms with van der Waals surface area (Å²) in [6.45, 7) is 1.19. The summed E-state index contributed by atoms with van der Waals surface area (Å²) < 4.78 is 0. The van der Waals surface area contributed by atoms with E-state index in [1.165, 1.54) is 0 Å². The van der Waals surface area contributed by atoms with Crippen LogP contribution >= 0.6 is 0 Å². The van der Waals surface area contributed by atoms with Crippen LogP contribution in [0.1, 0.15) is 0 Å². The summed E-state index contributed by atoms with van der Waals surface area (Å²) in [6.07, 6.45) is 0. The average molecular weight is 102 g/mol. The molecule has 0 aromatic rings. The standard InChI is InChI=1S/C2H8N2.Ca.2H/c3-1-2-4;;;/h1-4H2;;;. The topological polar surface area (TPSA) is 52.0 Å². The molecule has 0 saturated carbocycles. The Morgan fingerprint density at radius 1 is 1.00 bits per heavy atom. The van der Waals surface area contributed by atoms with E-state index >= 15 is 0 Å². The predicted octanol–water partition coefficient (Wildman–Crippen LogP) is -2.01. The van der Waals surface area contributed by atoms with E-state index < -0.39 is 0 Å². The summed E-state index contributed by atoms with van der Waals surface area (Å²) in [6, 6.07) is 0. The first-order valence-corrected chi connectivity index (χ1v) is 1.32. The molecule has 0 aliphatic rings. The molecule has 0 aromatic heterocycles. The first-order valence-electron chi connectivity index (χ1n) is 1.32. The van der Waals surface area contributed by atoms with E-state index in [0.29, 0.717) is 13.1 Å². The van der Waals surface area contributed by atoms with Gasteiger partial charge in [-0.15, -0.1) is 0 Å². The Kier molecular flexibility index (Phi) is 17.0. The molecule has 0 aromatic carbocycles. The van der Waals surface area contributed by atoms with E-state index in [4.69, 9.17) is 11.5 Å². The molecular weight excluding hydrogens is 92.1 g/mol. The van der Waals surface area contributed by atoms with Crippen LogP contribution in [0, 0.1) is 0 Å². The Bertz CT molecular complexity index is 9.61. The van der Waals surface area contributed by atoms with Crippen molar-refractivity contribution in [1.29, 1.82) is 0 Å². The molecule has 0 amide bonds. The van der Waals surface area contributed by atoms with Crippen molar-refractivity contribution in [2.45, 2.75) is 0 Å². The van der Waals surface area contributed by atoms with Crippen molar-refractivity contribution in [1.82, 2.24) is 0 Å².